The van der Waals surface area contributed by atoms with Crippen LogP contribution >= 0.6 is 24.8 Å². The number of carbonyl (C=O) groups is 1. The first-order valence-corrected chi connectivity index (χ1v) is 9.23. The quantitative estimate of drug-likeness (QED) is 0.783. The van der Waals surface area contributed by atoms with Crippen molar-refractivity contribution in [3.8, 4) is 0 Å². The van der Waals surface area contributed by atoms with Crippen molar-refractivity contribution in [2.24, 2.45) is 0 Å². The smallest absolute Gasteiger partial charge is 0.252 e. The number of amides is 1. The molecule has 1 aliphatic heterocycles. The predicted octanol–water partition coefficient (Wildman–Crippen LogP) is 2.50. The summed E-state index contributed by atoms with van der Waals surface area (Å²) in [5.74, 6) is -0.0958. The SMILES string of the molecule is Cl.Cl.O=C(NCCC1COCCN1)c1cnc2c(c1)ncn2C1CCCC1. The maximum absolute atomic E-state index is 12.4. The molecular weight excluding hydrogens is 389 g/mol. The van der Waals surface area contributed by atoms with Crippen molar-refractivity contribution < 1.29 is 9.53 Å². The summed E-state index contributed by atoms with van der Waals surface area (Å²) < 4.78 is 7.59. The van der Waals surface area contributed by atoms with Crippen LogP contribution in [0.2, 0.25) is 0 Å². The van der Waals surface area contributed by atoms with E-state index in [0.717, 1.165) is 30.7 Å². The lowest BCUT2D eigenvalue weighted by atomic mass is 10.2. The maximum Gasteiger partial charge on any atom is 0.252 e. The Morgan fingerprint density at radius 1 is 1.30 bits per heavy atom. The highest BCUT2D eigenvalue weighted by molar-refractivity contribution is 5.96. The Morgan fingerprint density at radius 2 is 2.11 bits per heavy atom. The molecule has 2 N–H and O–H groups in total. The van der Waals surface area contributed by atoms with E-state index in [1.807, 2.05) is 12.4 Å². The Kier molecular flexibility index (Phi) is 8.28. The molecule has 27 heavy (non-hydrogen) atoms. The fourth-order valence-corrected chi connectivity index (χ4v) is 3.76. The molecule has 3 heterocycles. The van der Waals surface area contributed by atoms with Crippen molar-refractivity contribution in [3.63, 3.8) is 0 Å². The zero-order valence-electron chi connectivity index (χ0n) is 15.2. The molecule has 2 aromatic heterocycles. The molecule has 0 bridgehead atoms. The number of carbonyl (C=O) groups excluding carboxylic acids is 1. The average Bonchev–Trinajstić information content (AvgIpc) is 3.31. The summed E-state index contributed by atoms with van der Waals surface area (Å²) in [6.45, 7) is 2.97. The van der Waals surface area contributed by atoms with Crippen LogP contribution in [0.1, 0.15) is 48.5 Å². The summed E-state index contributed by atoms with van der Waals surface area (Å²) in [5, 5.41) is 6.35. The van der Waals surface area contributed by atoms with E-state index in [1.54, 1.807) is 6.20 Å². The van der Waals surface area contributed by atoms with Crippen molar-refractivity contribution in [1.82, 2.24) is 25.2 Å². The van der Waals surface area contributed by atoms with Gasteiger partial charge in [0.2, 0.25) is 0 Å². The second kappa shape index (κ2) is 10.2. The van der Waals surface area contributed by atoms with Crippen LogP contribution < -0.4 is 10.6 Å². The van der Waals surface area contributed by atoms with Crippen LogP contribution in [0.25, 0.3) is 11.2 Å². The summed E-state index contributed by atoms with van der Waals surface area (Å²) in [6, 6.07) is 2.66. The Labute approximate surface area is 171 Å². The van der Waals surface area contributed by atoms with Crippen molar-refractivity contribution >= 4 is 41.9 Å². The minimum Gasteiger partial charge on any atom is -0.379 e. The van der Waals surface area contributed by atoms with Crippen molar-refractivity contribution in [2.75, 3.05) is 26.3 Å². The van der Waals surface area contributed by atoms with Crippen LogP contribution in [0.3, 0.4) is 0 Å². The van der Waals surface area contributed by atoms with Gasteiger partial charge in [-0.2, -0.15) is 0 Å². The Hall–Kier alpha value is -1.41. The van der Waals surface area contributed by atoms with Gasteiger partial charge in [-0.3, -0.25) is 4.79 Å². The van der Waals surface area contributed by atoms with Gasteiger partial charge in [-0.25, -0.2) is 9.97 Å². The molecule has 2 aliphatic rings. The van der Waals surface area contributed by atoms with Gasteiger partial charge in [-0.1, -0.05) is 12.8 Å². The molecule has 1 saturated heterocycles. The molecule has 0 aromatic carbocycles. The molecular formula is C18H27Cl2N5O2. The second-order valence-corrected chi connectivity index (χ2v) is 6.93. The predicted molar refractivity (Wildman–Crippen MR) is 109 cm³/mol. The third kappa shape index (κ3) is 5.10. The van der Waals surface area contributed by atoms with E-state index in [0.29, 0.717) is 30.8 Å². The molecule has 0 spiro atoms. The van der Waals surface area contributed by atoms with E-state index in [-0.39, 0.29) is 30.7 Å². The van der Waals surface area contributed by atoms with E-state index in [4.69, 9.17) is 4.74 Å². The third-order valence-electron chi connectivity index (χ3n) is 5.17. The topological polar surface area (TPSA) is 81.1 Å². The first-order valence-electron chi connectivity index (χ1n) is 9.23. The lowest BCUT2D eigenvalue weighted by molar-refractivity contribution is 0.0733. The molecule has 150 valence electrons. The number of nitrogens with zero attached hydrogens (tertiary/aromatic N) is 3. The molecule has 1 saturated carbocycles. The Morgan fingerprint density at radius 3 is 2.85 bits per heavy atom. The van der Waals surface area contributed by atoms with Gasteiger partial charge in [0.15, 0.2) is 5.65 Å². The number of pyridine rings is 1. The summed E-state index contributed by atoms with van der Waals surface area (Å²) in [5.41, 5.74) is 2.24. The minimum absolute atomic E-state index is 0. The standard InChI is InChI=1S/C18H25N5O2.2ClH/c24-18(20-6-5-14-11-25-8-7-19-14)13-9-16-17(21-10-13)23(12-22-16)15-3-1-2-4-15;;/h9-10,12,14-15,19H,1-8,11H2,(H,20,24);2*1H. The van der Waals surface area contributed by atoms with Gasteiger partial charge in [0.1, 0.15) is 5.52 Å². The summed E-state index contributed by atoms with van der Waals surface area (Å²) in [6.07, 6.45) is 9.30. The van der Waals surface area contributed by atoms with E-state index < -0.39 is 0 Å². The van der Waals surface area contributed by atoms with Gasteiger partial charge < -0.3 is 19.9 Å². The first-order chi connectivity index (χ1) is 12.3. The van der Waals surface area contributed by atoms with E-state index in [1.165, 1.54) is 25.7 Å². The Balaban J connectivity index is 0.00000131. The van der Waals surface area contributed by atoms with Gasteiger partial charge in [-0.15, -0.1) is 24.8 Å². The summed E-state index contributed by atoms with van der Waals surface area (Å²) in [4.78, 5) is 21.3. The number of imidazole rings is 1. The minimum atomic E-state index is -0.0958. The molecule has 1 unspecified atom stereocenters. The van der Waals surface area contributed by atoms with E-state index >= 15 is 0 Å². The maximum atomic E-state index is 12.4. The molecule has 0 radical (unpaired) electrons. The van der Waals surface area contributed by atoms with Crippen molar-refractivity contribution in [1.29, 1.82) is 0 Å². The average molecular weight is 416 g/mol. The van der Waals surface area contributed by atoms with Crippen molar-refractivity contribution in [3.05, 3.63) is 24.2 Å². The van der Waals surface area contributed by atoms with E-state index in [2.05, 4.69) is 25.2 Å². The molecule has 1 amide bonds. The number of ether oxygens (including phenoxy) is 1. The number of hydrogen-bond donors (Lipinski definition) is 2. The largest absolute Gasteiger partial charge is 0.379 e. The number of aromatic nitrogens is 3. The Bertz CT molecular complexity index is 742. The number of fused-ring (bicyclic) bond motifs is 1. The molecule has 2 aromatic rings. The highest BCUT2D eigenvalue weighted by atomic mass is 35.5. The highest BCUT2D eigenvalue weighted by Crippen LogP contribution is 2.31. The van der Waals surface area contributed by atoms with Gasteiger partial charge in [-0.05, 0) is 25.3 Å². The molecule has 1 atom stereocenters. The second-order valence-electron chi connectivity index (χ2n) is 6.93. The van der Waals surface area contributed by atoms with Crippen LogP contribution in [0, 0.1) is 0 Å². The van der Waals surface area contributed by atoms with E-state index in [9.17, 15) is 4.79 Å². The van der Waals surface area contributed by atoms with Crippen LogP contribution in [0.15, 0.2) is 18.6 Å². The fourth-order valence-electron chi connectivity index (χ4n) is 3.76. The normalized spacial score (nSPS) is 20.1. The fraction of sp³-hybridized carbons (Fsp3) is 0.611. The molecule has 7 nitrogen and oxygen atoms in total. The van der Waals surface area contributed by atoms with Gasteiger partial charge in [0.05, 0.1) is 25.1 Å². The number of halogens is 2. The summed E-state index contributed by atoms with van der Waals surface area (Å²) >= 11 is 0. The molecule has 9 heteroatoms. The van der Waals surface area contributed by atoms with Crippen LogP contribution in [-0.2, 0) is 4.74 Å². The lowest BCUT2D eigenvalue weighted by Gasteiger charge is -2.23. The molecule has 4 rings (SSSR count). The monoisotopic (exact) mass is 415 g/mol. The lowest BCUT2D eigenvalue weighted by Crippen LogP contribution is -2.43. The van der Waals surface area contributed by atoms with Crippen LogP contribution in [0.4, 0.5) is 0 Å². The number of nitrogens with one attached hydrogen (secondary N) is 2. The van der Waals surface area contributed by atoms with Gasteiger partial charge in [0.25, 0.3) is 5.91 Å². The van der Waals surface area contributed by atoms with Crippen LogP contribution in [0.5, 0.6) is 0 Å². The van der Waals surface area contributed by atoms with Crippen molar-refractivity contribution in [2.45, 2.75) is 44.2 Å². The molecule has 2 fully saturated rings. The van der Waals surface area contributed by atoms with Gasteiger partial charge >= 0.3 is 0 Å². The molecule has 1 aliphatic carbocycles. The highest BCUT2D eigenvalue weighted by Gasteiger charge is 2.20. The first kappa shape index (κ1) is 21.9. The number of hydrogen-bond acceptors (Lipinski definition) is 5. The zero-order chi connectivity index (χ0) is 17.1. The van der Waals surface area contributed by atoms with Crippen LogP contribution in [-0.4, -0.2) is 52.8 Å². The van der Waals surface area contributed by atoms with Gasteiger partial charge in [0, 0.05) is 31.4 Å². The number of morpholine rings is 1. The summed E-state index contributed by atoms with van der Waals surface area (Å²) in [7, 11) is 0. The number of rotatable bonds is 5. The zero-order valence-corrected chi connectivity index (χ0v) is 16.9. The third-order valence-corrected chi connectivity index (χ3v) is 5.17.